The van der Waals surface area contributed by atoms with Crippen molar-refractivity contribution in [3.05, 3.63) is 53.1 Å². The first kappa shape index (κ1) is 20.3. The Morgan fingerprint density at radius 3 is 2.64 bits per heavy atom. The van der Waals surface area contributed by atoms with Crippen molar-refractivity contribution in [1.29, 1.82) is 0 Å². The number of aliphatic hydroxyl groups is 1. The van der Waals surface area contributed by atoms with Crippen molar-refractivity contribution in [1.82, 2.24) is 4.98 Å². The molecule has 150 valence electrons. The van der Waals surface area contributed by atoms with Crippen LogP contribution in [0.15, 0.2) is 30.3 Å². The molecule has 1 aromatic carbocycles. The highest BCUT2D eigenvalue weighted by molar-refractivity contribution is 5.42. The predicted molar refractivity (Wildman–Crippen MR) is 96.5 cm³/mol. The minimum absolute atomic E-state index is 0.192. The van der Waals surface area contributed by atoms with E-state index in [4.69, 9.17) is 11.2 Å². The van der Waals surface area contributed by atoms with Gasteiger partial charge in [-0.1, -0.05) is 6.92 Å². The summed E-state index contributed by atoms with van der Waals surface area (Å²) in [4.78, 5) is 2.83. The van der Waals surface area contributed by atoms with Gasteiger partial charge in [-0.25, -0.2) is 4.39 Å². The predicted octanol–water partition coefficient (Wildman–Crippen LogP) is 4.30. The first-order valence-corrected chi connectivity index (χ1v) is 8.88. The molecular weight excluding hydrogens is 374 g/mol. The number of ether oxygens (including phenoxy) is 1. The van der Waals surface area contributed by atoms with Crippen LogP contribution < -0.4 is 4.74 Å². The third-order valence-electron chi connectivity index (χ3n) is 5.30. The average molecular weight is 395 g/mol. The van der Waals surface area contributed by atoms with Crippen LogP contribution in [0, 0.1) is 18.2 Å². The third kappa shape index (κ3) is 3.88. The fraction of sp³-hybridized carbons (Fsp3) is 0.429. The number of alkyl halides is 3. The van der Waals surface area contributed by atoms with Gasteiger partial charge in [0.1, 0.15) is 11.6 Å². The lowest BCUT2D eigenvalue weighted by molar-refractivity contribution is -0.267. The molecule has 2 N–H and O–H groups in total. The average Bonchev–Trinajstić information content (AvgIpc) is 3.01. The molecule has 28 heavy (non-hydrogen) atoms. The van der Waals surface area contributed by atoms with E-state index >= 15 is 0 Å². The Morgan fingerprint density at radius 1 is 1.25 bits per heavy atom. The molecule has 2 aromatic rings. The number of fused-ring (bicyclic) bond motifs is 1. The van der Waals surface area contributed by atoms with Crippen LogP contribution in [0.2, 0.25) is 0 Å². The Bertz CT molecular complexity index is 899. The van der Waals surface area contributed by atoms with Gasteiger partial charge < -0.3 is 14.8 Å². The molecule has 3 rings (SSSR count). The van der Waals surface area contributed by atoms with E-state index in [9.17, 15) is 22.7 Å². The molecule has 0 fully saturated rings. The number of aromatic amines is 1. The SMILES string of the molecule is C#CCc1ccc(CC(O)(CC2(C)CCOc3ccc(F)cc32)C(F)(F)F)[nH]1. The highest BCUT2D eigenvalue weighted by atomic mass is 19.4. The second-order valence-electron chi connectivity index (χ2n) is 7.57. The molecule has 0 aliphatic carbocycles. The minimum Gasteiger partial charge on any atom is -0.493 e. The maximum absolute atomic E-state index is 13.9. The summed E-state index contributed by atoms with van der Waals surface area (Å²) in [5.41, 5.74) is -2.93. The zero-order chi connectivity index (χ0) is 20.6. The number of halogens is 4. The second kappa shape index (κ2) is 7.17. The second-order valence-corrected chi connectivity index (χ2v) is 7.57. The molecule has 2 heterocycles. The molecule has 2 unspecified atom stereocenters. The van der Waals surface area contributed by atoms with E-state index in [0.717, 1.165) is 0 Å². The number of terminal acetylenes is 1. The van der Waals surface area contributed by atoms with Crippen LogP contribution in [0.5, 0.6) is 5.75 Å². The molecule has 0 amide bonds. The molecule has 0 radical (unpaired) electrons. The Hall–Kier alpha value is -2.46. The summed E-state index contributed by atoms with van der Waals surface area (Å²) in [6.07, 6.45) is -0.435. The first-order chi connectivity index (χ1) is 13.1. The number of nitrogens with one attached hydrogen (secondary N) is 1. The topological polar surface area (TPSA) is 45.2 Å². The van der Waals surface area contributed by atoms with Crippen molar-refractivity contribution in [3.8, 4) is 18.1 Å². The molecule has 0 bridgehead atoms. The van der Waals surface area contributed by atoms with Gasteiger partial charge in [-0.05, 0) is 43.2 Å². The van der Waals surface area contributed by atoms with Crippen LogP contribution in [0.3, 0.4) is 0 Å². The Kier molecular flexibility index (Phi) is 5.20. The normalized spacial score (nSPS) is 21.3. The van der Waals surface area contributed by atoms with Crippen molar-refractivity contribution in [2.45, 2.75) is 49.8 Å². The first-order valence-electron chi connectivity index (χ1n) is 8.88. The van der Waals surface area contributed by atoms with Crippen LogP contribution in [0.1, 0.15) is 36.7 Å². The van der Waals surface area contributed by atoms with E-state index < -0.39 is 35.9 Å². The molecule has 0 saturated carbocycles. The van der Waals surface area contributed by atoms with Crippen molar-refractivity contribution in [3.63, 3.8) is 0 Å². The van der Waals surface area contributed by atoms with Crippen LogP contribution >= 0.6 is 0 Å². The van der Waals surface area contributed by atoms with Gasteiger partial charge in [0.2, 0.25) is 0 Å². The smallest absolute Gasteiger partial charge is 0.417 e. The van der Waals surface area contributed by atoms with Crippen molar-refractivity contribution >= 4 is 0 Å². The van der Waals surface area contributed by atoms with Gasteiger partial charge in [-0.3, -0.25) is 0 Å². The summed E-state index contributed by atoms with van der Waals surface area (Å²) in [6.45, 7) is 1.79. The molecule has 2 atom stereocenters. The Morgan fingerprint density at radius 2 is 1.96 bits per heavy atom. The van der Waals surface area contributed by atoms with Crippen LogP contribution in [0.4, 0.5) is 17.6 Å². The summed E-state index contributed by atoms with van der Waals surface area (Å²) >= 11 is 0. The molecule has 1 aliphatic rings. The van der Waals surface area contributed by atoms with Gasteiger partial charge in [0.15, 0.2) is 5.60 Å². The third-order valence-corrected chi connectivity index (χ3v) is 5.30. The van der Waals surface area contributed by atoms with Crippen LogP contribution in [0.25, 0.3) is 0 Å². The summed E-state index contributed by atoms with van der Waals surface area (Å²) in [7, 11) is 0. The minimum atomic E-state index is -4.88. The monoisotopic (exact) mass is 395 g/mol. The van der Waals surface area contributed by atoms with Gasteiger partial charge in [0.05, 0.1) is 6.61 Å². The number of hydrogen-bond acceptors (Lipinski definition) is 2. The highest BCUT2D eigenvalue weighted by Gasteiger charge is 2.57. The largest absolute Gasteiger partial charge is 0.493 e. The van der Waals surface area contributed by atoms with Crippen molar-refractivity contribution in [2.24, 2.45) is 0 Å². The molecule has 1 aliphatic heterocycles. The maximum atomic E-state index is 13.9. The molecule has 3 nitrogen and oxygen atoms in total. The lowest BCUT2D eigenvalue weighted by atomic mass is 9.69. The van der Waals surface area contributed by atoms with Crippen LogP contribution in [-0.2, 0) is 18.3 Å². The van der Waals surface area contributed by atoms with Crippen molar-refractivity contribution in [2.75, 3.05) is 6.61 Å². The zero-order valence-corrected chi connectivity index (χ0v) is 15.4. The Labute approximate surface area is 160 Å². The standard InChI is InChI=1S/C21H21F4NO2/c1-3-4-15-6-7-16(26-15)12-20(27,21(23,24)25)13-19(2)9-10-28-18-8-5-14(22)11-17(18)19/h1,5-8,11,26-27H,4,9-10,12-13H2,2H3. The molecular formula is C21H21F4NO2. The molecule has 0 saturated heterocycles. The summed E-state index contributed by atoms with van der Waals surface area (Å²) in [5, 5.41) is 10.7. The van der Waals surface area contributed by atoms with E-state index in [-0.39, 0.29) is 25.1 Å². The number of benzene rings is 1. The van der Waals surface area contributed by atoms with Gasteiger partial charge >= 0.3 is 6.18 Å². The summed E-state index contributed by atoms with van der Waals surface area (Å²) < 4.78 is 61.0. The van der Waals surface area contributed by atoms with Gasteiger partial charge in [-0.2, -0.15) is 13.2 Å². The fourth-order valence-corrected chi connectivity index (χ4v) is 3.83. The summed E-state index contributed by atoms with van der Waals surface area (Å²) in [6, 6.07) is 6.89. The zero-order valence-electron chi connectivity index (χ0n) is 15.4. The van der Waals surface area contributed by atoms with E-state index in [1.165, 1.54) is 24.3 Å². The Balaban J connectivity index is 1.95. The summed E-state index contributed by atoms with van der Waals surface area (Å²) in [5.74, 6) is 2.20. The number of H-pyrrole nitrogens is 1. The number of hydrogen-bond donors (Lipinski definition) is 2. The molecule has 7 heteroatoms. The molecule has 1 aromatic heterocycles. The number of aromatic nitrogens is 1. The van der Waals surface area contributed by atoms with E-state index in [2.05, 4.69) is 10.9 Å². The van der Waals surface area contributed by atoms with E-state index in [0.29, 0.717) is 17.0 Å². The van der Waals surface area contributed by atoms with Crippen molar-refractivity contribution < 1.29 is 27.4 Å². The lowest BCUT2D eigenvalue weighted by Gasteiger charge is -2.42. The van der Waals surface area contributed by atoms with Gasteiger partial charge in [0, 0.05) is 35.2 Å². The number of rotatable bonds is 5. The highest BCUT2D eigenvalue weighted by Crippen LogP contribution is 2.48. The van der Waals surface area contributed by atoms with E-state index in [1.54, 1.807) is 13.0 Å². The van der Waals surface area contributed by atoms with Gasteiger partial charge in [0.25, 0.3) is 0 Å². The quantitative estimate of drug-likeness (QED) is 0.586. The maximum Gasteiger partial charge on any atom is 0.417 e. The van der Waals surface area contributed by atoms with E-state index in [1.807, 2.05) is 0 Å². The van der Waals surface area contributed by atoms with Gasteiger partial charge in [-0.15, -0.1) is 12.3 Å². The fourth-order valence-electron chi connectivity index (χ4n) is 3.83. The van der Waals surface area contributed by atoms with Crippen LogP contribution in [-0.4, -0.2) is 28.5 Å². The molecule has 0 spiro atoms. The lowest BCUT2D eigenvalue weighted by Crippen LogP contribution is -2.52.